The van der Waals surface area contributed by atoms with Crippen molar-refractivity contribution in [3.63, 3.8) is 0 Å². The maximum Gasteiger partial charge on any atom is 0.227 e. The number of carbonyl (C=O) groups excluding carboxylic acids is 1. The molecule has 3 heteroatoms. The molecule has 1 heterocycles. The van der Waals surface area contributed by atoms with E-state index in [1.54, 1.807) is 0 Å². The van der Waals surface area contributed by atoms with Crippen LogP contribution in [0.25, 0.3) is 0 Å². The van der Waals surface area contributed by atoms with Gasteiger partial charge in [-0.3, -0.25) is 4.79 Å². The van der Waals surface area contributed by atoms with Crippen LogP contribution in [0.1, 0.15) is 51.9 Å². The van der Waals surface area contributed by atoms with Crippen LogP contribution < -0.4 is 0 Å². The van der Waals surface area contributed by atoms with Crippen LogP contribution in [0.15, 0.2) is 0 Å². The third-order valence-electron chi connectivity index (χ3n) is 6.59. The van der Waals surface area contributed by atoms with Crippen molar-refractivity contribution in [2.45, 2.75) is 64.0 Å². The molecule has 4 rings (SSSR count). The monoisotopic (exact) mass is 258 g/mol. The average Bonchev–Trinajstić information content (AvgIpc) is 2.86. The summed E-state index contributed by atoms with van der Waals surface area (Å²) in [5.41, 5.74) is 0.286. The lowest BCUT2D eigenvalue weighted by Crippen LogP contribution is -2.45. The zero-order chi connectivity index (χ0) is 13.2. The Morgan fingerprint density at radius 1 is 1.37 bits per heavy atom. The van der Waals surface area contributed by atoms with Crippen molar-refractivity contribution in [1.82, 2.24) is 4.90 Å². The summed E-state index contributed by atoms with van der Waals surface area (Å²) in [6.07, 6.45) is 8.46. The van der Waals surface area contributed by atoms with Gasteiger partial charge in [0.05, 0.1) is 6.07 Å². The van der Waals surface area contributed by atoms with Crippen LogP contribution in [0.4, 0.5) is 0 Å². The van der Waals surface area contributed by atoms with E-state index in [0.29, 0.717) is 17.9 Å². The highest BCUT2D eigenvalue weighted by Crippen LogP contribution is 2.59. The smallest absolute Gasteiger partial charge is 0.227 e. The summed E-state index contributed by atoms with van der Waals surface area (Å²) >= 11 is 0. The van der Waals surface area contributed by atoms with Gasteiger partial charge in [0.25, 0.3) is 0 Å². The van der Waals surface area contributed by atoms with Crippen molar-refractivity contribution in [3.05, 3.63) is 0 Å². The van der Waals surface area contributed by atoms with E-state index in [1.807, 2.05) is 4.90 Å². The van der Waals surface area contributed by atoms with Crippen LogP contribution in [-0.2, 0) is 4.79 Å². The molecule has 4 atom stereocenters. The van der Waals surface area contributed by atoms with Gasteiger partial charge in [0.15, 0.2) is 0 Å². The van der Waals surface area contributed by atoms with Crippen molar-refractivity contribution < 1.29 is 4.79 Å². The lowest BCUT2D eigenvalue weighted by Gasteiger charge is -2.36. The number of carbonyl (C=O) groups is 1. The normalized spacial score (nSPS) is 47.9. The molecule has 3 saturated carbocycles. The fraction of sp³-hybridized carbons (Fsp3) is 0.875. The van der Waals surface area contributed by atoms with Crippen molar-refractivity contribution in [3.8, 4) is 6.07 Å². The second-order valence-electron chi connectivity index (χ2n) is 7.42. The fourth-order valence-electron chi connectivity index (χ4n) is 5.22. The molecule has 0 radical (unpaired) electrons. The van der Waals surface area contributed by atoms with Crippen LogP contribution >= 0.6 is 0 Å². The third-order valence-corrected chi connectivity index (χ3v) is 6.59. The zero-order valence-electron chi connectivity index (χ0n) is 11.6. The Labute approximate surface area is 115 Å². The van der Waals surface area contributed by atoms with Crippen LogP contribution in [-0.4, -0.2) is 22.9 Å². The van der Waals surface area contributed by atoms with E-state index in [2.05, 4.69) is 13.0 Å². The Bertz CT molecular complexity index is 458. The van der Waals surface area contributed by atoms with E-state index >= 15 is 0 Å². The first-order valence-corrected chi connectivity index (χ1v) is 7.86. The zero-order valence-corrected chi connectivity index (χ0v) is 11.6. The molecule has 0 aromatic carbocycles. The quantitative estimate of drug-likeness (QED) is 0.764. The van der Waals surface area contributed by atoms with Gasteiger partial charge in [0.2, 0.25) is 5.91 Å². The van der Waals surface area contributed by atoms with E-state index in [-0.39, 0.29) is 17.4 Å². The van der Waals surface area contributed by atoms with Crippen LogP contribution in [0.3, 0.4) is 0 Å². The van der Waals surface area contributed by atoms with Crippen molar-refractivity contribution >= 4 is 5.91 Å². The molecule has 1 aliphatic heterocycles. The number of nitriles is 1. The Balaban J connectivity index is 1.55. The van der Waals surface area contributed by atoms with E-state index in [4.69, 9.17) is 0 Å². The number of likely N-dealkylation sites (tertiary alicyclic amines) is 1. The van der Waals surface area contributed by atoms with Crippen molar-refractivity contribution in [2.75, 3.05) is 0 Å². The molecule has 2 bridgehead atoms. The van der Waals surface area contributed by atoms with E-state index in [0.717, 1.165) is 18.8 Å². The molecule has 1 amide bonds. The molecule has 4 fully saturated rings. The minimum Gasteiger partial charge on any atom is -0.323 e. The summed E-state index contributed by atoms with van der Waals surface area (Å²) in [4.78, 5) is 14.9. The molecule has 0 N–H and O–H groups in total. The number of fused-ring (bicyclic) bond motifs is 3. The Kier molecular flexibility index (Phi) is 2.32. The lowest BCUT2D eigenvalue weighted by molar-refractivity contribution is -0.140. The predicted molar refractivity (Wildman–Crippen MR) is 70.9 cm³/mol. The minimum atomic E-state index is -0.131. The number of nitrogens with zero attached hydrogens (tertiary/aromatic N) is 2. The van der Waals surface area contributed by atoms with E-state index < -0.39 is 0 Å². The molecule has 4 aliphatic rings. The second-order valence-corrected chi connectivity index (χ2v) is 7.42. The molecule has 3 nitrogen and oxygen atoms in total. The van der Waals surface area contributed by atoms with Crippen LogP contribution in [0, 0.1) is 34.5 Å². The maximum atomic E-state index is 12.9. The average molecular weight is 258 g/mol. The molecule has 0 aromatic heterocycles. The van der Waals surface area contributed by atoms with Gasteiger partial charge >= 0.3 is 0 Å². The molecule has 1 unspecified atom stereocenters. The van der Waals surface area contributed by atoms with Crippen LogP contribution in [0.2, 0.25) is 0 Å². The predicted octanol–water partition coefficient (Wildman–Crippen LogP) is 2.72. The Morgan fingerprint density at radius 2 is 2.11 bits per heavy atom. The number of piperidine rings is 1. The first kappa shape index (κ1) is 11.8. The van der Waals surface area contributed by atoms with Crippen molar-refractivity contribution in [2.24, 2.45) is 23.2 Å². The van der Waals surface area contributed by atoms with E-state index in [1.165, 1.54) is 32.1 Å². The number of amides is 1. The number of hydrogen-bond donors (Lipinski definition) is 0. The first-order valence-electron chi connectivity index (χ1n) is 7.86. The molecular formula is C16H22N2O. The first-order chi connectivity index (χ1) is 9.14. The summed E-state index contributed by atoms with van der Waals surface area (Å²) in [7, 11) is 0. The topological polar surface area (TPSA) is 44.1 Å². The summed E-state index contributed by atoms with van der Waals surface area (Å²) in [5, 5.41) is 9.26. The second kappa shape index (κ2) is 3.75. The minimum absolute atomic E-state index is 0.131. The van der Waals surface area contributed by atoms with Crippen LogP contribution in [0.5, 0.6) is 0 Å². The summed E-state index contributed by atoms with van der Waals surface area (Å²) < 4.78 is 0. The maximum absolute atomic E-state index is 12.9. The van der Waals surface area contributed by atoms with E-state index in [9.17, 15) is 10.1 Å². The van der Waals surface area contributed by atoms with Gasteiger partial charge in [-0.25, -0.2) is 0 Å². The number of hydrogen-bond acceptors (Lipinski definition) is 2. The van der Waals surface area contributed by atoms with Gasteiger partial charge in [-0.15, -0.1) is 0 Å². The molecule has 102 valence electrons. The molecule has 3 aliphatic carbocycles. The molecule has 1 saturated heterocycles. The summed E-state index contributed by atoms with van der Waals surface area (Å²) in [5.74, 6) is 1.95. The van der Waals surface area contributed by atoms with Gasteiger partial charge < -0.3 is 4.90 Å². The fourth-order valence-corrected chi connectivity index (χ4v) is 5.22. The third kappa shape index (κ3) is 1.52. The van der Waals surface area contributed by atoms with Gasteiger partial charge in [0.1, 0.15) is 6.04 Å². The highest BCUT2D eigenvalue weighted by atomic mass is 16.2. The molecular weight excluding hydrogens is 236 g/mol. The molecule has 0 aromatic rings. The highest BCUT2D eigenvalue weighted by molar-refractivity contribution is 5.81. The standard InChI is InChI=1S/C16H22N2O/c1-10(16-4-2-11(8-16)3-5-16)15(19)18-13(9-17)6-12-7-14(12)18/h10-14H,2-8H2,1H3/t10-,11?,12-,13?,14+,16?/m1/s1. The molecule has 19 heavy (non-hydrogen) atoms. The lowest BCUT2D eigenvalue weighted by atomic mass is 9.73. The summed E-state index contributed by atoms with van der Waals surface area (Å²) in [6.45, 7) is 2.14. The molecule has 0 spiro atoms. The van der Waals surface area contributed by atoms with Gasteiger partial charge in [-0.05, 0) is 62.2 Å². The van der Waals surface area contributed by atoms with Gasteiger partial charge in [-0.1, -0.05) is 6.92 Å². The highest BCUT2D eigenvalue weighted by Gasteiger charge is 2.57. The van der Waals surface area contributed by atoms with Gasteiger partial charge in [-0.2, -0.15) is 5.26 Å². The SMILES string of the molecule is C[C@H](C(=O)N1C(C#N)C[C@@H]2C[C@@H]21)C12CCC(CC1)C2. The Hall–Kier alpha value is -1.04. The van der Waals surface area contributed by atoms with Gasteiger partial charge in [0, 0.05) is 12.0 Å². The van der Waals surface area contributed by atoms with Crippen molar-refractivity contribution in [1.29, 1.82) is 5.26 Å². The number of rotatable bonds is 2. The Morgan fingerprint density at radius 3 is 2.68 bits per heavy atom. The summed E-state index contributed by atoms with van der Waals surface area (Å²) in [6, 6.07) is 2.63. The largest absolute Gasteiger partial charge is 0.323 e.